The molecule has 220 valence electrons. The average molecular weight is 573 g/mol. The molecule has 42 heavy (non-hydrogen) atoms. The van der Waals surface area contributed by atoms with Crippen molar-refractivity contribution in [3.63, 3.8) is 0 Å². The topological polar surface area (TPSA) is 83.7 Å². The molecule has 0 aromatic heterocycles. The lowest BCUT2D eigenvalue weighted by molar-refractivity contribution is 0.0220. The van der Waals surface area contributed by atoms with Crippen molar-refractivity contribution in [2.75, 3.05) is 46.4 Å². The van der Waals surface area contributed by atoms with Crippen LogP contribution < -0.4 is 18.9 Å². The Bertz CT molecular complexity index is 1560. The molecular formula is C34H36O8. The molecule has 3 heterocycles. The Morgan fingerprint density at radius 1 is 0.690 bits per heavy atom. The lowest BCUT2D eigenvalue weighted by Crippen LogP contribution is -2.09. The SMILES string of the molecule is CCOCOc1ccc2ccc(OCC3CO3)cc2c1Cc1c(OCC2CO2)ccc2ccc(OCC3OC3C)cc12. The van der Waals surface area contributed by atoms with Gasteiger partial charge in [-0.2, -0.15) is 0 Å². The van der Waals surface area contributed by atoms with Crippen LogP contribution in [-0.2, 0) is 25.4 Å². The van der Waals surface area contributed by atoms with Crippen LogP contribution in [0.3, 0.4) is 0 Å². The summed E-state index contributed by atoms with van der Waals surface area (Å²) < 4.78 is 46.6. The summed E-state index contributed by atoms with van der Waals surface area (Å²) in [7, 11) is 0. The van der Waals surface area contributed by atoms with Gasteiger partial charge >= 0.3 is 0 Å². The number of fused-ring (bicyclic) bond motifs is 2. The fourth-order valence-electron chi connectivity index (χ4n) is 5.15. The lowest BCUT2D eigenvalue weighted by Gasteiger charge is -2.19. The fourth-order valence-corrected chi connectivity index (χ4v) is 5.15. The third-order valence-electron chi connectivity index (χ3n) is 7.89. The molecule has 4 aromatic rings. The van der Waals surface area contributed by atoms with Gasteiger partial charge in [0.2, 0.25) is 0 Å². The van der Waals surface area contributed by atoms with E-state index in [1.165, 1.54) is 0 Å². The predicted octanol–water partition coefficient (Wildman–Crippen LogP) is 5.68. The second-order valence-corrected chi connectivity index (χ2v) is 11.0. The van der Waals surface area contributed by atoms with Gasteiger partial charge in [0.25, 0.3) is 0 Å². The zero-order valence-corrected chi connectivity index (χ0v) is 24.0. The minimum Gasteiger partial charge on any atom is -0.491 e. The van der Waals surface area contributed by atoms with Crippen LogP contribution in [-0.4, -0.2) is 70.9 Å². The van der Waals surface area contributed by atoms with E-state index < -0.39 is 0 Å². The van der Waals surface area contributed by atoms with E-state index in [0.29, 0.717) is 32.8 Å². The van der Waals surface area contributed by atoms with Gasteiger partial charge in [-0.15, -0.1) is 0 Å². The zero-order valence-electron chi connectivity index (χ0n) is 24.0. The van der Waals surface area contributed by atoms with Gasteiger partial charge in [0, 0.05) is 24.2 Å². The number of epoxide rings is 3. The van der Waals surface area contributed by atoms with Crippen molar-refractivity contribution in [2.45, 2.75) is 44.7 Å². The molecule has 4 aromatic carbocycles. The maximum atomic E-state index is 6.36. The van der Waals surface area contributed by atoms with Gasteiger partial charge in [-0.3, -0.25) is 0 Å². The lowest BCUT2D eigenvalue weighted by atomic mass is 9.93. The first-order valence-corrected chi connectivity index (χ1v) is 14.7. The first-order valence-electron chi connectivity index (χ1n) is 14.7. The molecule has 0 saturated carbocycles. The van der Waals surface area contributed by atoms with Gasteiger partial charge in [0.15, 0.2) is 6.79 Å². The van der Waals surface area contributed by atoms with Crippen molar-refractivity contribution in [3.8, 4) is 23.0 Å². The molecule has 0 spiro atoms. The molecule has 4 atom stereocenters. The van der Waals surface area contributed by atoms with Crippen molar-refractivity contribution >= 4 is 21.5 Å². The third kappa shape index (κ3) is 6.42. The fraction of sp³-hybridized carbons (Fsp3) is 0.412. The summed E-state index contributed by atoms with van der Waals surface area (Å²) in [6.07, 6.45) is 1.28. The molecule has 0 N–H and O–H groups in total. The molecular weight excluding hydrogens is 536 g/mol. The Morgan fingerprint density at radius 3 is 1.76 bits per heavy atom. The highest BCUT2D eigenvalue weighted by atomic mass is 16.7. The minimum atomic E-state index is 0.140. The number of rotatable bonds is 15. The number of benzene rings is 4. The maximum Gasteiger partial charge on any atom is 0.189 e. The molecule has 3 saturated heterocycles. The van der Waals surface area contributed by atoms with Crippen molar-refractivity contribution in [1.82, 2.24) is 0 Å². The standard InChI is InChI=1S/C34H36O8/c1-3-35-20-41-33-11-7-23-4-8-24(36-15-26-16-37-26)12-29(23)31(33)14-30-28-13-25(39-19-34-21(2)42-34)9-5-22(28)6-10-32(30)40-18-27-17-38-27/h4-13,21,26-27,34H,3,14-20H2,1-2H3. The van der Waals surface area contributed by atoms with E-state index >= 15 is 0 Å². The van der Waals surface area contributed by atoms with Gasteiger partial charge in [-0.1, -0.05) is 24.3 Å². The molecule has 8 nitrogen and oxygen atoms in total. The summed E-state index contributed by atoms with van der Waals surface area (Å²) in [5.74, 6) is 3.19. The zero-order chi connectivity index (χ0) is 28.5. The number of hydrogen-bond donors (Lipinski definition) is 0. The van der Waals surface area contributed by atoms with Crippen LogP contribution >= 0.6 is 0 Å². The Hall–Kier alpha value is -3.56. The Kier molecular flexibility index (Phi) is 7.78. The number of ether oxygens (including phenoxy) is 8. The van der Waals surface area contributed by atoms with Gasteiger partial charge in [0.05, 0.1) is 19.3 Å². The summed E-state index contributed by atoms with van der Waals surface area (Å²) in [4.78, 5) is 0. The molecule has 0 amide bonds. The summed E-state index contributed by atoms with van der Waals surface area (Å²) in [6, 6.07) is 20.6. The van der Waals surface area contributed by atoms with Crippen molar-refractivity contribution in [2.24, 2.45) is 0 Å². The van der Waals surface area contributed by atoms with Crippen molar-refractivity contribution in [1.29, 1.82) is 0 Å². The average Bonchev–Trinajstić information content (AvgIpc) is 3.88. The largest absolute Gasteiger partial charge is 0.491 e. The van der Waals surface area contributed by atoms with Crippen LogP contribution in [0, 0.1) is 0 Å². The molecule has 7 rings (SSSR count). The van der Waals surface area contributed by atoms with E-state index in [9.17, 15) is 0 Å². The summed E-state index contributed by atoms with van der Waals surface area (Å²) in [5, 5.41) is 4.32. The molecule has 0 bridgehead atoms. The van der Waals surface area contributed by atoms with Gasteiger partial charge < -0.3 is 37.9 Å². The number of hydrogen-bond acceptors (Lipinski definition) is 8. The smallest absolute Gasteiger partial charge is 0.189 e. The van der Waals surface area contributed by atoms with Crippen molar-refractivity contribution in [3.05, 3.63) is 71.8 Å². The minimum absolute atomic E-state index is 0.140. The molecule has 3 aliphatic rings. The first kappa shape index (κ1) is 27.3. The Balaban J connectivity index is 1.29. The summed E-state index contributed by atoms with van der Waals surface area (Å²) in [6.45, 7) is 7.82. The van der Waals surface area contributed by atoms with Crippen LogP contribution in [0.15, 0.2) is 60.7 Å². The van der Waals surface area contributed by atoms with Crippen LogP contribution in [0.4, 0.5) is 0 Å². The second kappa shape index (κ2) is 12.0. The molecule has 0 aliphatic carbocycles. The predicted molar refractivity (Wildman–Crippen MR) is 158 cm³/mol. The Labute approximate surface area is 245 Å². The van der Waals surface area contributed by atoms with Crippen LogP contribution in [0.5, 0.6) is 23.0 Å². The van der Waals surface area contributed by atoms with E-state index in [4.69, 9.17) is 37.9 Å². The van der Waals surface area contributed by atoms with Gasteiger partial charge in [-0.25, -0.2) is 0 Å². The molecule has 0 radical (unpaired) electrons. The van der Waals surface area contributed by atoms with E-state index in [1.54, 1.807) is 0 Å². The van der Waals surface area contributed by atoms with Crippen LogP contribution in [0.1, 0.15) is 25.0 Å². The first-order chi connectivity index (χ1) is 20.6. The third-order valence-corrected chi connectivity index (χ3v) is 7.89. The van der Waals surface area contributed by atoms with E-state index in [1.807, 2.05) is 25.1 Å². The maximum absolute atomic E-state index is 6.36. The van der Waals surface area contributed by atoms with Gasteiger partial charge in [0.1, 0.15) is 61.1 Å². The highest BCUT2D eigenvalue weighted by Crippen LogP contribution is 2.39. The van der Waals surface area contributed by atoms with Gasteiger partial charge in [-0.05, 0) is 71.8 Å². The molecule has 3 fully saturated rings. The monoisotopic (exact) mass is 572 g/mol. The molecule has 3 aliphatic heterocycles. The normalized spacial score (nSPS) is 22.2. The van der Waals surface area contributed by atoms with Crippen LogP contribution in [0.25, 0.3) is 21.5 Å². The van der Waals surface area contributed by atoms with E-state index in [2.05, 4.69) is 49.4 Å². The molecule has 8 heteroatoms. The highest BCUT2D eigenvalue weighted by molar-refractivity contribution is 5.93. The highest BCUT2D eigenvalue weighted by Gasteiger charge is 2.34. The molecule has 4 unspecified atom stereocenters. The second-order valence-electron chi connectivity index (χ2n) is 11.0. The van der Waals surface area contributed by atoms with Crippen molar-refractivity contribution < 1.29 is 37.9 Å². The van der Waals surface area contributed by atoms with Crippen LogP contribution in [0.2, 0.25) is 0 Å². The Morgan fingerprint density at radius 2 is 1.21 bits per heavy atom. The summed E-state index contributed by atoms with van der Waals surface area (Å²) in [5.41, 5.74) is 2.09. The van der Waals surface area contributed by atoms with E-state index in [-0.39, 0.29) is 31.2 Å². The summed E-state index contributed by atoms with van der Waals surface area (Å²) >= 11 is 0. The van der Waals surface area contributed by atoms with E-state index in [0.717, 1.165) is 68.9 Å². The quantitative estimate of drug-likeness (QED) is 0.102.